The number of halogens is 2. The Balaban J connectivity index is 1.54. The number of amides is 3. The molecule has 3 N–H and O–H groups in total. The first-order chi connectivity index (χ1) is 18.8. The van der Waals surface area contributed by atoms with Crippen LogP contribution in [0.4, 0.5) is 14.9 Å². The second-order valence-electron chi connectivity index (χ2n) is 9.02. The fourth-order valence-corrected chi connectivity index (χ4v) is 4.83. The molecule has 0 saturated carbocycles. The van der Waals surface area contributed by atoms with Crippen LogP contribution in [0.5, 0.6) is 0 Å². The fourth-order valence-electron chi connectivity index (χ4n) is 4.55. The normalized spacial score (nSPS) is 18.5. The zero-order chi connectivity index (χ0) is 27.9. The molecule has 2 aliphatic heterocycles. The van der Waals surface area contributed by atoms with Gasteiger partial charge in [0.05, 0.1) is 37.2 Å². The summed E-state index contributed by atoms with van der Waals surface area (Å²) < 4.78 is 19.4. The number of carbonyl (C=O) groups is 3. The van der Waals surface area contributed by atoms with Gasteiger partial charge in [-0.3, -0.25) is 14.9 Å². The highest BCUT2D eigenvalue weighted by molar-refractivity contribution is 6.31. The Labute approximate surface area is 230 Å². The summed E-state index contributed by atoms with van der Waals surface area (Å²) >= 11 is 6.43. The van der Waals surface area contributed by atoms with E-state index in [-0.39, 0.29) is 41.3 Å². The molecule has 1 aliphatic carbocycles. The number of allylic oxidation sites excluding steroid dienone is 5. The van der Waals surface area contributed by atoms with Crippen molar-refractivity contribution in [2.75, 3.05) is 25.5 Å². The molecule has 1 atom stereocenters. The number of ether oxygens (including phenoxy) is 1. The highest BCUT2D eigenvalue weighted by Crippen LogP contribution is 2.40. The summed E-state index contributed by atoms with van der Waals surface area (Å²) in [7, 11) is 1.24. The van der Waals surface area contributed by atoms with Gasteiger partial charge in [0.15, 0.2) is 0 Å². The number of hydrogen-bond acceptors (Lipinski definition) is 6. The molecule has 204 valence electrons. The number of likely N-dealkylation sites (tertiary alicyclic amines) is 1. The second kappa shape index (κ2) is 12.6. The van der Waals surface area contributed by atoms with Crippen molar-refractivity contribution in [3.63, 3.8) is 0 Å². The molecule has 3 aliphatic rings. The molecular weight excluding hydrogens is 525 g/mol. The molecule has 4 rings (SSSR count). The zero-order valence-electron chi connectivity index (χ0n) is 21.6. The maximum absolute atomic E-state index is 14.8. The molecule has 1 aromatic rings. The molecule has 9 nitrogen and oxygen atoms in total. The minimum absolute atomic E-state index is 0.0646. The van der Waals surface area contributed by atoms with Crippen LogP contribution in [-0.2, 0) is 14.3 Å². The monoisotopic (exact) mass is 553 g/mol. The van der Waals surface area contributed by atoms with Gasteiger partial charge in [0.2, 0.25) is 11.8 Å². The molecule has 3 amide bonds. The van der Waals surface area contributed by atoms with E-state index in [1.165, 1.54) is 19.4 Å². The van der Waals surface area contributed by atoms with Crippen LogP contribution in [-0.4, -0.2) is 48.8 Å². The zero-order valence-corrected chi connectivity index (χ0v) is 22.4. The molecule has 11 heteroatoms. The summed E-state index contributed by atoms with van der Waals surface area (Å²) in [5.41, 5.74) is 5.58. The van der Waals surface area contributed by atoms with E-state index in [0.29, 0.717) is 23.4 Å². The van der Waals surface area contributed by atoms with Gasteiger partial charge in [0.1, 0.15) is 11.7 Å². The molecule has 1 aromatic carbocycles. The number of alkyl carbamates (subject to hydrolysis) is 1. The van der Waals surface area contributed by atoms with Crippen molar-refractivity contribution in [2.24, 2.45) is 4.99 Å². The number of nitrogens with one attached hydrogen (secondary N) is 3. The molecule has 1 saturated heterocycles. The maximum Gasteiger partial charge on any atom is 0.412 e. The first kappa shape index (κ1) is 27.9. The lowest BCUT2D eigenvalue weighted by molar-refractivity contribution is -0.131. The van der Waals surface area contributed by atoms with Gasteiger partial charge in [0, 0.05) is 28.9 Å². The van der Waals surface area contributed by atoms with E-state index >= 15 is 0 Å². The number of nitrogens with zero attached hydrogens (tertiary/aromatic N) is 2. The van der Waals surface area contributed by atoms with E-state index < -0.39 is 17.8 Å². The number of piperidine rings is 1. The van der Waals surface area contributed by atoms with Crippen molar-refractivity contribution in [3.05, 3.63) is 81.7 Å². The van der Waals surface area contributed by atoms with Crippen molar-refractivity contribution in [1.82, 2.24) is 15.5 Å². The highest BCUT2D eigenvalue weighted by atomic mass is 35.5. The van der Waals surface area contributed by atoms with Gasteiger partial charge < -0.3 is 20.3 Å². The van der Waals surface area contributed by atoms with Gasteiger partial charge in [-0.25, -0.2) is 14.2 Å². The van der Waals surface area contributed by atoms with Crippen LogP contribution in [0.15, 0.2) is 70.3 Å². The number of anilines is 1. The van der Waals surface area contributed by atoms with Crippen LogP contribution in [0.3, 0.4) is 0 Å². The number of rotatable bonds is 6. The molecule has 0 spiro atoms. The van der Waals surface area contributed by atoms with Crippen molar-refractivity contribution in [3.8, 4) is 0 Å². The van der Waals surface area contributed by atoms with Crippen LogP contribution < -0.4 is 16.0 Å². The van der Waals surface area contributed by atoms with Gasteiger partial charge >= 0.3 is 6.09 Å². The van der Waals surface area contributed by atoms with E-state index in [2.05, 4.69) is 31.4 Å². The van der Waals surface area contributed by atoms with Gasteiger partial charge in [-0.2, -0.15) is 0 Å². The molecule has 1 fully saturated rings. The first-order valence-electron chi connectivity index (χ1n) is 12.6. The average Bonchev–Trinajstić information content (AvgIpc) is 3.28. The molecule has 0 bridgehead atoms. The quantitative estimate of drug-likeness (QED) is 0.444. The fraction of sp³-hybridized carbons (Fsp3) is 0.321. The largest absolute Gasteiger partial charge is 0.453 e. The third kappa shape index (κ3) is 6.66. The Morgan fingerprint density at radius 2 is 2.13 bits per heavy atom. The predicted molar refractivity (Wildman–Crippen MR) is 147 cm³/mol. The molecule has 1 unspecified atom stereocenters. The molecular formula is C28H29ClFN5O4. The van der Waals surface area contributed by atoms with E-state index in [1.54, 1.807) is 11.0 Å². The van der Waals surface area contributed by atoms with E-state index in [1.807, 2.05) is 25.2 Å². The Hall–Kier alpha value is -4.14. The minimum Gasteiger partial charge on any atom is -0.453 e. The van der Waals surface area contributed by atoms with E-state index in [0.717, 1.165) is 31.0 Å². The summed E-state index contributed by atoms with van der Waals surface area (Å²) in [6, 6.07) is 2.62. The summed E-state index contributed by atoms with van der Waals surface area (Å²) in [5, 5.41) is 8.28. The van der Waals surface area contributed by atoms with Crippen molar-refractivity contribution in [1.29, 1.82) is 0 Å². The second-order valence-corrected chi connectivity index (χ2v) is 9.43. The number of fused-ring (bicyclic) bond motifs is 1. The molecule has 0 aromatic heterocycles. The summed E-state index contributed by atoms with van der Waals surface area (Å²) in [5.74, 6) is -1.72. The van der Waals surface area contributed by atoms with Gasteiger partial charge in [-0.1, -0.05) is 29.5 Å². The number of carbonyl (C=O) groups excluding carboxylic acids is 3. The molecule has 2 heterocycles. The number of amidine groups is 1. The third-order valence-electron chi connectivity index (χ3n) is 6.47. The Morgan fingerprint density at radius 1 is 1.31 bits per heavy atom. The first-order valence-corrected chi connectivity index (χ1v) is 13.0. The molecule has 39 heavy (non-hydrogen) atoms. The number of aliphatic imine (C=N–C) groups is 1. The number of likely N-dealkylation sites (N-methyl/N-ethyl adjacent to an activating group) is 1. The van der Waals surface area contributed by atoms with E-state index in [4.69, 9.17) is 11.6 Å². The topological polar surface area (TPSA) is 112 Å². The van der Waals surface area contributed by atoms with Crippen molar-refractivity contribution in [2.45, 2.75) is 38.5 Å². The van der Waals surface area contributed by atoms with Gasteiger partial charge in [-0.05, 0) is 56.4 Å². The maximum atomic E-state index is 14.8. The van der Waals surface area contributed by atoms with Crippen LogP contribution in [0, 0.1) is 5.82 Å². The lowest BCUT2D eigenvalue weighted by atomic mass is 9.85. The van der Waals surface area contributed by atoms with Crippen LogP contribution in [0.1, 0.15) is 44.1 Å². The Morgan fingerprint density at radius 3 is 2.90 bits per heavy atom. The van der Waals surface area contributed by atoms with Crippen molar-refractivity contribution >= 4 is 41.0 Å². The standard InChI is InChI=1S/C28H29ClFN5O4/c1-3-35-24-15-25(34-28(38)39-2)31-11-10-17(24)12-20(27(35)37)19-13-23(22(30)14-21(19)29)32-16-26(36)33-18-8-6-4-5-7-9-18/h4,6,8,11,13-15,20,32H,3,5,7,9,12,16H2,1-2H3,(H,33,36)(H,31,34,38). The predicted octanol–water partition coefficient (Wildman–Crippen LogP) is 4.66. The summed E-state index contributed by atoms with van der Waals surface area (Å²) in [6.07, 6.45) is 11.0. The minimum atomic E-state index is -0.724. The third-order valence-corrected chi connectivity index (χ3v) is 6.80. The summed E-state index contributed by atoms with van der Waals surface area (Å²) in [6.45, 7) is 1.98. The lowest BCUT2D eigenvalue weighted by Crippen LogP contribution is -2.40. The molecule has 0 radical (unpaired) electrons. The lowest BCUT2D eigenvalue weighted by Gasteiger charge is -2.35. The average molecular weight is 554 g/mol. The SMILES string of the molecule is CCN1C(=O)C(c2cc(NCC(=O)NC3=CC=CCCC3)c(F)cc2Cl)CC2=C=CN=C(NC(=O)OC)C=C21. The Kier molecular flexibility index (Phi) is 9.01. The number of benzene rings is 1. The van der Waals surface area contributed by atoms with Crippen LogP contribution in [0.25, 0.3) is 0 Å². The highest BCUT2D eigenvalue weighted by Gasteiger charge is 2.37. The number of hydrogen-bond donors (Lipinski definition) is 3. The number of methoxy groups -OCH3 is 1. The Bertz CT molecular complexity index is 1370. The van der Waals surface area contributed by atoms with Gasteiger partial charge in [0.25, 0.3) is 0 Å². The van der Waals surface area contributed by atoms with Crippen molar-refractivity contribution < 1.29 is 23.5 Å². The van der Waals surface area contributed by atoms with Crippen LogP contribution in [0.2, 0.25) is 5.02 Å². The smallest absolute Gasteiger partial charge is 0.412 e. The summed E-state index contributed by atoms with van der Waals surface area (Å²) in [4.78, 5) is 43.5. The van der Waals surface area contributed by atoms with E-state index in [9.17, 15) is 18.8 Å². The van der Waals surface area contributed by atoms with Gasteiger partial charge in [-0.15, -0.1) is 0 Å². The van der Waals surface area contributed by atoms with Crippen LogP contribution >= 0.6 is 11.6 Å².